The van der Waals surface area contributed by atoms with Crippen LogP contribution in [0.25, 0.3) is 0 Å². The van der Waals surface area contributed by atoms with Gasteiger partial charge in [0.1, 0.15) is 0 Å². The van der Waals surface area contributed by atoms with E-state index in [4.69, 9.17) is 0 Å². The summed E-state index contributed by atoms with van der Waals surface area (Å²) in [6, 6.07) is 0. The molecule has 1 unspecified atom stereocenters. The SMILES string of the molecule is C=C/C=C1/CCCC(CC)C1=C.CC. The Balaban J connectivity index is 0.000000791. The van der Waals surface area contributed by atoms with E-state index in [0.717, 1.165) is 5.92 Å². The predicted molar refractivity (Wildman–Crippen MR) is 66.4 cm³/mol. The third-order valence-corrected chi connectivity index (χ3v) is 2.72. The summed E-state index contributed by atoms with van der Waals surface area (Å²) in [4.78, 5) is 0. The van der Waals surface area contributed by atoms with Crippen LogP contribution in [-0.2, 0) is 0 Å². The lowest BCUT2D eigenvalue weighted by molar-refractivity contribution is 0.489. The van der Waals surface area contributed by atoms with Crippen molar-refractivity contribution in [3.8, 4) is 0 Å². The Hall–Kier alpha value is -0.780. The van der Waals surface area contributed by atoms with Gasteiger partial charge in [0.15, 0.2) is 0 Å². The van der Waals surface area contributed by atoms with Crippen LogP contribution in [0.3, 0.4) is 0 Å². The molecule has 0 nitrogen and oxygen atoms in total. The minimum absolute atomic E-state index is 0.727. The Bertz CT molecular complexity index is 208. The van der Waals surface area contributed by atoms with Gasteiger partial charge in [-0.15, -0.1) is 0 Å². The quantitative estimate of drug-likeness (QED) is 0.584. The molecule has 0 aromatic carbocycles. The maximum absolute atomic E-state index is 4.15. The summed E-state index contributed by atoms with van der Waals surface area (Å²) in [7, 11) is 0. The molecule has 1 rings (SSSR count). The molecule has 1 aliphatic rings. The molecule has 1 atom stereocenters. The molecule has 1 saturated carbocycles. The molecule has 14 heavy (non-hydrogen) atoms. The van der Waals surface area contributed by atoms with Gasteiger partial charge in [-0.2, -0.15) is 0 Å². The van der Waals surface area contributed by atoms with Gasteiger partial charge in [0.05, 0.1) is 0 Å². The number of allylic oxidation sites excluding steroid dienone is 4. The van der Waals surface area contributed by atoms with Gasteiger partial charge in [-0.05, 0) is 42.7 Å². The van der Waals surface area contributed by atoms with Crippen molar-refractivity contribution in [3.63, 3.8) is 0 Å². The number of rotatable bonds is 2. The van der Waals surface area contributed by atoms with Crippen molar-refractivity contribution in [1.29, 1.82) is 0 Å². The van der Waals surface area contributed by atoms with Crippen molar-refractivity contribution in [2.45, 2.75) is 46.5 Å². The van der Waals surface area contributed by atoms with E-state index in [1.54, 1.807) is 0 Å². The summed E-state index contributed by atoms with van der Waals surface area (Å²) in [5.74, 6) is 0.727. The molecule has 0 aliphatic heterocycles. The van der Waals surface area contributed by atoms with Gasteiger partial charge in [-0.1, -0.05) is 46.1 Å². The highest BCUT2D eigenvalue weighted by Crippen LogP contribution is 2.34. The summed E-state index contributed by atoms with van der Waals surface area (Å²) >= 11 is 0. The highest BCUT2D eigenvalue weighted by atomic mass is 14.2. The Morgan fingerprint density at radius 2 is 2.07 bits per heavy atom. The first-order chi connectivity index (χ1) is 6.79. The molecule has 0 radical (unpaired) electrons. The largest absolute Gasteiger partial charge is 0.0991 e. The normalized spacial score (nSPS) is 24.1. The van der Waals surface area contributed by atoms with Crippen molar-refractivity contribution < 1.29 is 0 Å². The topological polar surface area (TPSA) is 0 Å². The van der Waals surface area contributed by atoms with E-state index >= 15 is 0 Å². The van der Waals surface area contributed by atoms with Crippen LogP contribution in [0.5, 0.6) is 0 Å². The molecule has 0 aromatic heterocycles. The molecule has 1 fully saturated rings. The lowest BCUT2D eigenvalue weighted by Crippen LogP contribution is -2.10. The van der Waals surface area contributed by atoms with Crippen LogP contribution in [0.2, 0.25) is 0 Å². The smallest absolute Gasteiger partial charge is 0.0168 e. The first-order valence-electron chi connectivity index (χ1n) is 5.80. The molecule has 80 valence electrons. The molecule has 0 N–H and O–H groups in total. The van der Waals surface area contributed by atoms with E-state index in [2.05, 4.69) is 26.2 Å². The number of hydrogen-bond acceptors (Lipinski definition) is 0. The minimum Gasteiger partial charge on any atom is -0.0991 e. The van der Waals surface area contributed by atoms with Crippen LogP contribution in [0.4, 0.5) is 0 Å². The van der Waals surface area contributed by atoms with Gasteiger partial charge >= 0.3 is 0 Å². The van der Waals surface area contributed by atoms with E-state index < -0.39 is 0 Å². The monoisotopic (exact) mass is 192 g/mol. The first kappa shape index (κ1) is 13.2. The fourth-order valence-corrected chi connectivity index (χ4v) is 1.92. The highest BCUT2D eigenvalue weighted by molar-refractivity contribution is 5.34. The second-order valence-corrected chi connectivity index (χ2v) is 3.45. The fraction of sp³-hybridized carbons (Fsp3) is 0.571. The second kappa shape index (κ2) is 7.61. The standard InChI is InChI=1S/C12H18.C2H6/c1-4-7-12-9-6-8-11(5-2)10(12)3;1-2/h4,7,11H,1,3,5-6,8-9H2,2H3;1-2H3/b12-7-;. The van der Waals surface area contributed by atoms with E-state index in [-0.39, 0.29) is 0 Å². The van der Waals surface area contributed by atoms with E-state index in [1.807, 2.05) is 19.9 Å². The Morgan fingerprint density at radius 1 is 1.43 bits per heavy atom. The van der Waals surface area contributed by atoms with Crippen LogP contribution in [0, 0.1) is 5.92 Å². The third-order valence-electron chi connectivity index (χ3n) is 2.72. The average Bonchev–Trinajstić information content (AvgIpc) is 2.24. The van der Waals surface area contributed by atoms with Gasteiger partial charge in [0, 0.05) is 0 Å². The fourth-order valence-electron chi connectivity index (χ4n) is 1.92. The van der Waals surface area contributed by atoms with Crippen LogP contribution >= 0.6 is 0 Å². The molecule has 0 spiro atoms. The first-order valence-corrected chi connectivity index (χ1v) is 5.80. The van der Waals surface area contributed by atoms with Gasteiger partial charge in [0.2, 0.25) is 0 Å². The summed E-state index contributed by atoms with van der Waals surface area (Å²) < 4.78 is 0. The lowest BCUT2D eigenvalue weighted by atomic mass is 9.80. The van der Waals surface area contributed by atoms with Crippen molar-refractivity contribution in [3.05, 3.63) is 36.5 Å². The molecule has 0 bridgehead atoms. The second-order valence-electron chi connectivity index (χ2n) is 3.45. The Kier molecular flexibility index (Phi) is 7.18. The van der Waals surface area contributed by atoms with Crippen molar-refractivity contribution >= 4 is 0 Å². The van der Waals surface area contributed by atoms with Gasteiger partial charge in [-0.3, -0.25) is 0 Å². The summed E-state index contributed by atoms with van der Waals surface area (Å²) in [6.45, 7) is 14.1. The zero-order chi connectivity index (χ0) is 11.0. The van der Waals surface area contributed by atoms with Crippen molar-refractivity contribution in [1.82, 2.24) is 0 Å². The predicted octanol–water partition coefficient (Wildman–Crippen LogP) is 4.89. The molecule has 0 heteroatoms. The Labute approximate surface area is 89.4 Å². The van der Waals surface area contributed by atoms with E-state index in [0.29, 0.717) is 0 Å². The van der Waals surface area contributed by atoms with Gasteiger partial charge in [-0.25, -0.2) is 0 Å². The highest BCUT2D eigenvalue weighted by Gasteiger charge is 2.18. The molecule has 0 saturated heterocycles. The van der Waals surface area contributed by atoms with Crippen molar-refractivity contribution in [2.75, 3.05) is 0 Å². The minimum atomic E-state index is 0.727. The zero-order valence-electron chi connectivity index (χ0n) is 9.97. The summed E-state index contributed by atoms with van der Waals surface area (Å²) in [6.07, 6.45) is 9.05. The van der Waals surface area contributed by atoms with Crippen LogP contribution in [-0.4, -0.2) is 0 Å². The van der Waals surface area contributed by atoms with Crippen LogP contribution < -0.4 is 0 Å². The average molecular weight is 192 g/mol. The van der Waals surface area contributed by atoms with Gasteiger partial charge in [0.25, 0.3) is 0 Å². The third kappa shape index (κ3) is 3.53. The summed E-state index contributed by atoms with van der Waals surface area (Å²) in [5, 5.41) is 0. The van der Waals surface area contributed by atoms with Crippen molar-refractivity contribution in [2.24, 2.45) is 5.92 Å². The van der Waals surface area contributed by atoms with Gasteiger partial charge < -0.3 is 0 Å². The molecule has 1 aliphatic carbocycles. The maximum atomic E-state index is 4.15. The number of hydrogen-bond donors (Lipinski definition) is 0. The molecular weight excluding hydrogens is 168 g/mol. The summed E-state index contributed by atoms with van der Waals surface area (Å²) in [5.41, 5.74) is 2.77. The maximum Gasteiger partial charge on any atom is -0.0168 e. The molecular formula is C14H24. The lowest BCUT2D eigenvalue weighted by Gasteiger charge is -2.25. The van der Waals surface area contributed by atoms with Crippen LogP contribution in [0.1, 0.15) is 46.5 Å². The zero-order valence-corrected chi connectivity index (χ0v) is 9.97. The van der Waals surface area contributed by atoms with E-state index in [9.17, 15) is 0 Å². The van der Waals surface area contributed by atoms with Crippen LogP contribution in [0.15, 0.2) is 36.5 Å². The molecule has 0 amide bonds. The molecule has 0 aromatic rings. The molecule has 0 heterocycles. The van der Waals surface area contributed by atoms with E-state index in [1.165, 1.54) is 36.8 Å². The Morgan fingerprint density at radius 3 is 2.57 bits per heavy atom.